The van der Waals surface area contributed by atoms with Gasteiger partial charge in [-0.2, -0.15) is 0 Å². The molecule has 30 heavy (non-hydrogen) atoms. The summed E-state index contributed by atoms with van der Waals surface area (Å²) in [6, 6.07) is 16.3. The SMILES string of the molecule is Cc1ccc(-n2c(Cc3ccccc3)nnc2Sc2ncc([N+](=O)[O-])cn2)c(C)c1. The van der Waals surface area contributed by atoms with Crippen LogP contribution in [0.3, 0.4) is 0 Å². The highest BCUT2D eigenvalue weighted by Crippen LogP contribution is 2.29. The zero-order valence-corrected chi connectivity index (χ0v) is 17.2. The molecule has 2 aromatic heterocycles. The highest BCUT2D eigenvalue weighted by atomic mass is 32.2. The third kappa shape index (κ3) is 4.20. The van der Waals surface area contributed by atoms with E-state index in [-0.39, 0.29) is 5.69 Å². The number of nitrogens with zero attached hydrogens (tertiary/aromatic N) is 6. The smallest absolute Gasteiger partial charge is 0.273 e. The zero-order chi connectivity index (χ0) is 21.1. The van der Waals surface area contributed by atoms with Crippen molar-refractivity contribution in [2.75, 3.05) is 0 Å². The Balaban J connectivity index is 1.75. The fraction of sp³-hybridized carbons (Fsp3) is 0.143. The van der Waals surface area contributed by atoms with E-state index < -0.39 is 4.92 Å². The summed E-state index contributed by atoms with van der Waals surface area (Å²) in [7, 11) is 0. The molecule has 0 saturated carbocycles. The Bertz CT molecular complexity index is 1190. The molecule has 2 aromatic carbocycles. The van der Waals surface area contributed by atoms with E-state index in [9.17, 15) is 10.1 Å². The van der Waals surface area contributed by atoms with Crippen LogP contribution in [-0.2, 0) is 6.42 Å². The normalized spacial score (nSPS) is 10.9. The van der Waals surface area contributed by atoms with Gasteiger partial charge in [-0.3, -0.25) is 14.7 Å². The standard InChI is InChI=1S/C21H18N6O2S/c1-14-8-9-18(15(2)10-14)26-19(11-16-6-4-3-5-7-16)24-25-21(26)30-20-22-12-17(13-23-20)27(28)29/h3-10,12-13H,11H2,1-2H3. The highest BCUT2D eigenvalue weighted by Gasteiger charge is 2.19. The molecule has 0 radical (unpaired) electrons. The molecular formula is C21H18N6O2S. The van der Waals surface area contributed by atoms with Crippen LogP contribution in [0.4, 0.5) is 5.69 Å². The van der Waals surface area contributed by atoms with Crippen LogP contribution >= 0.6 is 11.8 Å². The molecule has 0 aliphatic rings. The molecule has 0 bridgehead atoms. The molecule has 0 amide bonds. The average Bonchev–Trinajstić information content (AvgIpc) is 3.11. The lowest BCUT2D eigenvalue weighted by molar-refractivity contribution is -0.385. The summed E-state index contributed by atoms with van der Waals surface area (Å²) in [6.07, 6.45) is 3.00. The number of aryl methyl sites for hydroxylation is 2. The molecule has 0 saturated heterocycles. The maximum atomic E-state index is 10.8. The number of aromatic nitrogens is 5. The first-order chi connectivity index (χ1) is 14.5. The average molecular weight is 418 g/mol. The Morgan fingerprint density at radius 3 is 2.43 bits per heavy atom. The van der Waals surface area contributed by atoms with Crippen molar-refractivity contribution in [1.82, 2.24) is 24.7 Å². The number of hydrogen-bond donors (Lipinski definition) is 0. The summed E-state index contributed by atoms with van der Waals surface area (Å²) in [5.74, 6) is 0.789. The van der Waals surface area contributed by atoms with Gasteiger partial charge >= 0.3 is 5.69 Å². The van der Waals surface area contributed by atoms with Gasteiger partial charge in [-0.25, -0.2) is 9.97 Å². The van der Waals surface area contributed by atoms with E-state index >= 15 is 0 Å². The van der Waals surface area contributed by atoms with Crippen LogP contribution in [0.2, 0.25) is 0 Å². The van der Waals surface area contributed by atoms with Crippen molar-refractivity contribution in [2.24, 2.45) is 0 Å². The molecule has 4 rings (SSSR count). The minimum Gasteiger partial charge on any atom is -0.273 e. The van der Waals surface area contributed by atoms with Crippen LogP contribution in [0.15, 0.2) is 71.2 Å². The molecule has 0 fully saturated rings. The van der Waals surface area contributed by atoms with Gasteiger partial charge < -0.3 is 0 Å². The fourth-order valence-corrected chi connectivity index (χ4v) is 3.85. The molecule has 0 N–H and O–H groups in total. The monoisotopic (exact) mass is 418 g/mol. The summed E-state index contributed by atoms with van der Waals surface area (Å²) < 4.78 is 2.00. The van der Waals surface area contributed by atoms with Crippen LogP contribution in [-0.4, -0.2) is 29.7 Å². The van der Waals surface area contributed by atoms with Crippen molar-refractivity contribution >= 4 is 17.4 Å². The van der Waals surface area contributed by atoms with Crippen molar-refractivity contribution in [3.05, 3.63) is 93.6 Å². The molecular weight excluding hydrogens is 400 g/mol. The Morgan fingerprint density at radius 1 is 1.03 bits per heavy atom. The second-order valence-corrected chi connectivity index (χ2v) is 7.70. The van der Waals surface area contributed by atoms with E-state index in [1.807, 2.05) is 60.9 Å². The summed E-state index contributed by atoms with van der Waals surface area (Å²) >= 11 is 1.22. The largest absolute Gasteiger partial charge is 0.305 e. The molecule has 0 aliphatic carbocycles. The minimum absolute atomic E-state index is 0.153. The zero-order valence-electron chi connectivity index (χ0n) is 16.4. The summed E-state index contributed by atoms with van der Waals surface area (Å²) in [6.45, 7) is 4.10. The van der Waals surface area contributed by atoms with Gasteiger partial charge in [-0.15, -0.1) is 10.2 Å². The fourth-order valence-electron chi connectivity index (χ4n) is 3.10. The predicted octanol–water partition coefficient (Wildman–Crippen LogP) is 4.32. The molecule has 0 atom stereocenters. The first kappa shape index (κ1) is 19.7. The first-order valence-corrected chi connectivity index (χ1v) is 10.0. The van der Waals surface area contributed by atoms with E-state index in [0.717, 1.165) is 22.6 Å². The van der Waals surface area contributed by atoms with E-state index in [2.05, 4.69) is 26.2 Å². The molecule has 150 valence electrons. The summed E-state index contributed by atoms with van der Waals surface area (Å²) in [4.78, 5) is 18.5. The molecule has 2 heterocycles. The second kappa shape index (κ2) is 8.42. The van der Waals surface area contributed by atoms with Crippen LogP contribution < -0.4 is 0 Å². The number of rotatable bonds is 6. The first-order valence-electron chi connectivity index (χ1n) is 9.21. The van der Waals surface area contributed by atoms with Crippen molar-refractivity contribution in [3.63, 3.8) is 0 Å². The number of hydrogen-bond acceptors (Lipinski definition) is 7. The van der Waals surface area contributed by atoms with Gasteiger partial charge in [0.15, 0.2) is 5.16 Å². The Morgan fingerprint density at radius 2 is 1.77 bits per heavy atom. The molecule has 8 nitrogen and oxygen atoms in total. The van der Waals surface area contributed by atoms with E-state index in [1.54, 1.807) is 0 Å². The maximum absolute atomic E-state index is 10.8. The van der Waals surface area contributed by atoms with Crippen molar-refractivity contribution in [2.45, 2.75) is 30.6 Å². The van der Waals surface area contributed by atoms with Crippen molar-refractivity contribution < 1.29 is 4.92 Å². The Kier molecular flexibility index (Phi) is 5.53. The molecule has 9 heteroatoms. The lowest BCUT2D eigenvalue weighted by Crippen LogP contribution is -2.06. The third-order valence-corrected chi connectivity index (χ3v) is 5.35. The third-order valence-electron chi connectivity index (χ3n) is 4.51. The lowest BCUT2D eigenvalue weighted by atomic mass is 10.1. The lowest BCUT2D eigenvalue weighted by Gasteiger charge is -2.13. The van der Waals surface area contributed by atoms with Gasteiger partial charge in [0.2, 0.25) is 5.16 Å². The molecule has 0 spiro atoms. The highest BCUT2D eigenvalue weighted by molar-refractivity contribution is 7.99. The summed E-state index contributed by atoms with van der Waals surface area (Å²) in [5.41, 5.74) is 4.21. The van der Waals surface area contributed by atoms with Gasteiger partial charge in [0, 0.05) is 6.42 Å². The van der Waals surface area contributed by atoms with E-state index in [0.29, 0.717) is 16.7 Å². The van der Waals surface area contributed by atoms with Gasteiger partial charge in [-0.05, 0) is 42.8 Å². The molecule has 0 unspecified atom stereocenters. The minimum atomic E-state index is -0.523. The topological polar surface area (TPSA) is 99.6 Å². The molecule has 0 aliphatic heterocycles. The van der Waals surface area contributed by atoms with Crippen LogP contribution in [0, 0.1) is 24.0 Å². The number of nitro groups is 1. The van der Waals surface area contributed by atoms with E-state index in [1.165, 1.54) is 29.7 Å². The van der Waals surface area contributed by atoms with Gasteiger partial charge in [-0.1, -0.05) is 48.0 Å². The van der Waals surface area contributed by atoms with E-state index in [4.69, 9.17) is 0 Å². The second-order valence-electron chi connectivity index (χ2n) is 6.77. The Labute approximate surface area is 177 Å². The van der Waals surface area contributed by atoms with Crippen LogP contribution in [0.5, 0.6) is 0 Å². The predicted molar refractivity (Wildman–Crippen MR) is 113 cm³/mol. The maximum Gasteiger partial charge on any atom is 0.305 e. The summed E-state index contributed by atoms with van der Waals surface area (Å²) in [5, 5.41) is 20.6. The van der Waals surface area contributed by atoms with Gasteiger partial charge in [0.25, 0.3) is 0 Å². The number of benzene rings is 2. The van der Waals surface area contributed by atoms with Crippen LogP contribution in [0.25, 0.3) is 5.69 Å². The van der Waals surface area contributed by atoms with Crippen LogP contribution in [0.1, 0.15) is 22.5 Å². The Hall–Kier alpha value is -3.59. The van der Waals surface area contributed by atoms with Crippen molar-refractivity contribution in [1.29, 1.82) is 0 Å². The van der Waals surface area contributed by atoms with Gasteiger partial charge in [0.05, 0.1) is 10.6 Å². The quantitative estimate of drug-likeness (QED) is 0.261. The van der Waals surface area contributed by atoms with Gasteiger partial charge in [0.1, 0.15) is 18.2 Å². The van der Waals surface area contributed by atoms with Crippen molar-refractivity contribution in [3.8, 4) is 5.69 Å². The molecule has 4 aromatic rings.